The van der Waals surface area contributed by atoms with Crippen molar-refractivity contribution < 1.29 is 14.3 Å². The zero-order valence-electron chi connectivity index (χ0n) is 22.5. The van der Waals surface area contributed by atoms with Crippen LogP contribution in [0.1, 0.15) is 48.6 Å². The highest BCUT2D eigenvalue weighted by Gasteiger charge is 2.49. The molecule has 2 aromatic carbocycles. The number of nitrogens with one attached hydrogen (secondary N) is 1. The molecule has 1 unspecified atom stereocenters. The minimum atomic E-state index is -1.06. The maximum Gasteiger partial charge on any atom is 0.321 e. The van der Waals surface area contributed by atoms with Crippen LogP contribution in [0.2, 0.25) is 0 Å². The molecule has 7 heteroatoms. The van der Waals surface area contributed by atoms with Crippen LogP contribution in [0, 0.1) is 19.3 Å². The number of anilines is 1. The summed E-state index contributed by atoms with van der Waals surface area (Å²) in [7, 11) is 0. The summed E-state index contributed by atoms with van der Waals surface area (Å²) in [5.74, 6) is 0.0251. The van der Waals surface area contributed by atoms with Crippen LogP contribution in [0.15, 0.2) is 60.8 Å². The molecule has 6 rings (SSSR count). The van der Waals surface area contributed by atoms with E-state index in [0.717, 1.165) is 54.0 Å². The van der Waals surface area contributed by atoms with Crippen LogP contribution in [0.4, 0.5) is 10.5 Å². The average molecular weight is 513 g/mol. The molecule has 7 nitrogen and oxygen atoms in total. The van der Waals surface area contributed by atoms with Gasteiger partial charge in [-0.3, -0.25) is 4.79 Å². The van der Waals surface area contributed by atoms with Gasteiger partial charge in [-0.25, -0.2) is 4.79 Å². The van der Waals surface area contributed by atoms with Crippen molar-refractivity contribution in [1.29, 1.82) is 0 Å². The molecule has 1 spiro atoms. The largest absolute Gasteiger partial charge is 0.354 e. The summed E-state index contributed by atoms with van der Waals surface area (Å²) in [6, 6.07) is 18.2. The number of para-hydroxylation sites is 1. The van der Waals surface area contributed by atoms with Gasteiger partial charge in [-0.15, -0.1) is 0 Å². The molecule has 38 heavy (non-hydrogen) atoms. The molecule has 1 aromatic heterocycles. The Labute approximate surface area is 224 Å². The van der Waals surface area contributed by atoms with E-state index in [2.05, 4.69) is 35.0 Å². The number of fused-ring (bicyclic) bond motifs is 3. The van der Waals surface area contributed by atoms with Gasteiger partial charge in [-0.05, 0) is 75.3 Å². The Morgan fingerprint density at radius 2 is 1.66 bits per heavy atom. The zero-order valence-corrected chi connectivity index (χ0v) is 22.5. The van der Waals surface area contributed by atoms with E-state index in [4.69, 9.17) is 4.74 Å². The predicted molar refractivity (Wildman–Crippen MR) is 147 cm³/mol. The molecule has 0 bridgehead atoms. The third-order valence-corrected chi connectivity index (χ3v) is 8.87. The van der Waals surface area contributed by atoms with Gasteiger partial charge >= 0.3 is 6.03 Å². The lowest BCUT2D eigenvalue weighted by molar-refractivity contribution is -0.159. The molecule has 0 radical (unpaired) electrons. The summed E-state index contributed by atoms with van der Waals surface area (Å²) >= 11 is 0. The number of nitrogens with zero attached hydrogens (tertiary/aromatic N) is 3. The van der Waals surface area contributed by atoms with Gasteiger partial charge in [-0.1, -0.05) is 35.9 Å². The van der Waals surface area contributed by atoms with Gasteiger partial charge in [-0.2, -0.15) is 0 Å². The molecule has 2 fully saturated rings. The summed E-state index contributed by atoms with van der Waals surface area (Å²) in [5, 5.41) is 3.09. The number of hydrogen-bond donors (Lipinski definition) is 1. The second-order valence-electron chi connectivity index (χ2n) is 11.4. The highest BCUT2D eigenvalue weighted by Crippen LogP contribution is 2.43. The number of ether oxygens (including phenoxy) is 1. The normalized spacial score (nSPS) is 22.1. The Kier molecular flexibility index (Phi) is 6.06. The Balaban J connectivity index is 1.12. The van der Waals surface area contributed by atoms with Crippen molar-refractivity contribution >= 4 is 17.6 Å². The second-order valence-corrected chi connectivity index (χ2v) is 11.4. The zero-order chi connectivity index (χ0) is 26.5. The number of benzene rings is 2. The molecule has 4 heterocycles. The summed E-state index contributed by atoms with van der Waals surface area (Å²) in [6.07, 6.45) is 4.77. The fraction of sp³-hybridized carbons (Fsp3) is 0.419. The molecule has 198 valence electrons. The molecule has 0 aliphatic carbocycles. The highest BCUT2D eigenvalue weighted by molar-refractivity contribution is 5.90. The van der Waals surface area contributed by atoms with Crippen molar-refractivity contribution in [2.24, 2.45) is 5.41 Å². The number of likely N-dealkylation sites (tertiary alicyclic amines) is 2. The molecule has 3 aliphatic rings. The average Bonchev–Trinajstić information content (AvgIpc) is 3.55. The number of aromatic nitrogens is 1. The number of carbonyl (C=O) groups excluding carboxylic acids is 2. The van der Waals surface area contributed by atoms with Gasteiger partial charge < -0.3 is 24.4 Å². The van der Waals surface area contributed by atoms with Crippen LogP contribution >= 0.6 is 0 Å². The van der Waals surface area contributed by atoms with E-state index in [1.165, 1.54) is 5.56 Å². The first kappa shape index (κ1) is 24.7. The number of rotatable bonds is 2. The van der Waals surface area contributed by atoms with Crippen molar-refractivity contribution in [3.8, 4) is 5.69 Å². The standard InChI is InChI=1S/C31H36N4O3/c1-22-10-11-25(23(2)19-22)32-29(37)33-16-12-31(13-17-33)14-18-34(21-31)28(36)30(3)27-9-6-15-35(27)26-8-5-4-7-24(26)20-38-30/h4-11,15,19H,12-14,16-18,20-21H2,1-3H3,(H,32,37). The first-order valence-electron chi connectivity index (χ1n) is 13.6. The van der Waals surface area contributed by atoms with Crippen molar-refractivity contribution in [1.82, 2.24) is 14.4 Å². The molecule has 1 atom stereocenters. The van der Waals surface area contributed by atoms with E-state index in [1.54, 1.807) is 0 Å². The maximum atomic E-state index is 14.1. The lowest BCUT2D eigenvalue weighted by Gasteiger charge is -2.40. The lowest BCUT2D eigenvalue weighted by atomic mass is 9.78. The van der Waals surface area contributed by atoms with Gasteiger partial charge in [0.15, 0.2) is 5.60 Å². The molecule has 3 aromatic rings. The number of urea groups is 1. The first-order valence-corrected chi connectivity index (χ1v) is 13.6. The predicted octanol–water partition coefficient (Wildman–Crippen LogP) is 5.39. The van der Waals surface area contributed by atoms with E-state index in [9.17, 15) is 9.59 Å². The van der Waals surface area contributed by atoms with Crippen molar-refractivity contribution in [2.45, 2.75) is 52.2 Å². The smallest absolute Gasteiger partial charge is 0.321 e. The van der Waals surface area contributed by atoms with Crippen molar-refractivity contribution in [3.63, 3.8) is 0 Å². The van der Waals surface area contributed by atoms with E-state index >= 15 is 0 Å². The second kappa shape index (κ2) is 9.31. The minimum absolute atomic E-state index is 0.0251. The number of aryl methyl sites for hydroxylation is 2. The monoisotopic (exact) mass is 512 g/mol. The summed E-state index contributed by atoms with van der Waals surface area (Å²) in [5.41, 5.74) is 5.12. The Morgan fingerprint density at radius 1 is 0.921 bits per heavy atom. The van der Waals surface area contributed by atoms with Crippen LogP contribution in [0.25, 0.3) is 5.69 Å². The van der Waals surface area contributed by atoms with E-state index in [0.29, 0.717) is 26.2 Å². The first-order chi connectivity index (χ1) is 18.3. The molecule has 3 amide bonds. The Hall–Kier alpha value is -3.58. The van der Waals surface area contributed by atoms with Crippen LogP contribution in [0.3, 0.4) is 0 Å². The van der Waals surface area contributed by atoms with Crippen molar-refractivity contribution in [3.05, 3.63) is 83.2 Å². The van der Waals surface area contributed by atoms with E-state index < -0.39 is 5.60 Å². The van der Waals surface area contributed by atoms with Crippen molar-refractivity contribution in [2.75, 3.05) is 31.5 Å². The summed E-state index contributed by atoms with van der Waals surface area (Å²) in [4.78, 5) is 30.9. The van der Waals surface area contributed by atoms with Crippen LogP contribution in [-0.4, -0.2) is 52.5 Å². The molecular weight excluding hydrogens is 476 g/mol. The van der Waals surface area contributed by atoms with Gasteiger partial charge in [0, 0.05) is 43.6 Å². The van der Waals surface area contributed by atoms with E-state index in [1.807, 2.05) is 66.2 Å². The molecular formula is C31H36N4O3. The quantitative estimate of drug-likeness (QED) is 0.501. The molecule has 3 aliphatic heterocycles. The highest BCUT2D eigenvalue weighted by atomic mass is 16.5. The molecule has 2 saturated heterocycles. The Morgan fingerprint density at radius 3 is 2.42 bits per heavy atom. The lowest BCUT2D eigenvalue weighted by Crippen LogP contribution is -2.49. The third-order valence-electron chi connectivity index (χ3n) is 8.87. The van der Waals surface area contributed by atoms with E-state index in [-0.39, 0.29) is 17.4 Å². The SMILES string of the molecule is Cc1ccc(NC(=O)N2CCC3(CC2)CCN(C(=O)C2(C)OCc4ccccc4-n4cccc42)C3)c(C)c1. The van der Waals surface area contributed by atoms with Crippen LogP contribution in [0.5, 0.6) is 0 Å². The molecule has 0 saturated carbocycles. The van der Waals surface area contributed by atoms with Gasteiger partial charge in [0.1, 0.15) is 0 Å². The number of amides is 3. The van der Waals surface area contributed by atoms with Crippen LogP contribution in [-0.2, 0) is 21.7 Å². The molecule has 1 N–H and O–H groups in total. The number of piperidine rings is 1. The van der Waals surface area contributed by atoms with Gasteiger partial charge in [0.25, 0.3) is 5.91 Å². The fourth-order valence-corrected chi connectivity index (χ4v) is 6.47. The van der Waals surface area contributed by atoms with Crippen LogP contribution < -0.4 is 5.32 Å². The topological polar surface area (TPSA) is 66.8 Å². The summed E-state index contributed by atoms with van der Waals surface area (Å²) in [6.45, 7) is 9.21. The number of hydrogen-bond acceptors (Lipinski definition) is 3. The summed E-state index contributed by atoms with van der Waals surface area (Å²) < 4.78 is 8.50. The maximum absolute atomic E-state index is 14.1. The minimum Gasteiger partial charge on any atom is -0.354 e. The fourth-order valence-electron chi connectivity index (χ4n) is 6.47. The number of carbonyl (C=O) groups is 2. The Bertz CT molecular complexity index is 1390. The van der Waals surface area contributed by atoms with Gasteiger partial charge in [0.2, 0.25) is 0 Å². The van der Waals surface area contributed by atoms with Gasteiger partial charge in [0.05, 0.1) is 18.0 Å². The third kappa shape index (κ3) is 4.19.